The third-order valence-electron chi connectivity index (χ3n) is 4.96. The van der Waals surface area contributed by atoms with Crippen LogP contribution < -0.4 is 24.8 Å². The van der Waals surface area contributed by atoms with Crippen molar-refractivity contribution in [3.63, 3.8) is 0 Å². The Kier molecular flexibility index (Phi) is 5.05. The molecule has 0 saturated heterocycles. The molecular weight excluding hydrogens is 344 g/mol. The highest BCUT2D eigenvalue weighted by Crippen LogP contribution is 2.34. The molecule has 2 N–H and O–H groups in total. The second-order valence-corrected chi connectivity index (χ2v) is 6.98. The molecule has 2 amide bonds. The van der Waals surface area contributed by atoms with Crippen molar-refractivity contribution in [2.24, 2.45) is 0 Å². The number of benzene rings is 2. The average molecular weight is 368 g/mol. The van der Waals surface area contributed by atoms with Gasteiger partial charge >= 0.3 is 6.03 Å². The molecule has 27 heavy (non-hydrogen) atoms. The van der Waals surface area contributed by atoms with Crippen molar-refractivity contribution < 1.29 is 19.0 Å². The van der Waals surface area contributed by atoms with Gasteiger partial charge in [0.2, 0.25) is 6.79 Å². The van der Waals surface area contributed by atoms with Crippen molar-refractivity contribution >= 4 is 11.7 Å². The van der Waals surface area contributed by atoms with E-state index in [0.717, 1.165) is 35.6 Å². The largest absolute Gasteiger partial charge is 0.490 e. The van der Waals surface area contributed by atoms with Crippen LogP contribution in [0, 0.1) is 0 Å². The minimum absolute atomic E-state index is 0.163. The lowest BCUT2D eigenvalue weighted by atomic mass is 10.1. The van der Waals surface area contributed by atoms with E-state index in [-0.39, 0.29) is 18.9 Å². The molecule has 2 aromatic carbocycles. The number of hydrogen-bond donors (Lipinski definition) is 2. The van der Waals surface area contributed by atoms with Crippen LogP contribution >= 0.6 is 0 Å². The molecule has 6 nitrogen and oxygen atoms in total. The summed E-state index contributed by atoms with van der Waals surface area (Å²) in [6, 6.07) is 12.8. The Morgan fingerprint density at radius 1 is 1.07 bits per heavy atom. The van der Waals surface area contributed by atoms with Gasteiger partial charge in [-0.3, -0.25) is 0 Å². The predicted molar refractivity (Wildman–Crippen MR) is 102 cm³/mol. The van der Waals surface area contributed by atoms with Crippen LogP contribution in [0.15, 0.2) is 42.5 Å². The SMILES string of the molecule is CC(NC(=O)Nc1ccc(OC2CCCC2)cc1)c1ccc2c(c1)OCO2. The summed E-state index contributed by atoms with van der Waals surface area (Å²) in [4.78, 5) is 12.3. The third kappa shape index (κ3) is 4.27. The Hall–Kier alpha value is -2.89. The maximum atomic E-state index is 12.3. The number of fused-ring (bicyclic) bond motifs is 1. The van der Waals surface area contributed by atoms with Crippen LogP contribution in [0.4, 0.5) is 10.5 Å². The molecule has 1 fully saturated rings. The Morgan fingerprint density at radius 3 is 2.59 bits per heavy atom. The molecule has 1 unspecified atom stereocenters. The zero-order valence-electron chi connectivity index (χ0n) is 15.4. The van der Waals surface area contributed by atoms with Gasteiger partial charge in [-0.05, 0) is 74.6 Å². The molecule has 0 radical (unpaired) electrons. The second kappa shape index (κ2) is 7.78. The lowest BCUT2D eigenvalue weighted by Gasteiger charge is -2.16. The number of carbonyl (C=O) groups is 1. The monoisotopic (exact) mass is 368 g/mol. The number of carbonyl (C=O) groups excluding carboxylic acids is 1. The first-order valence-electron chi connectivity index (χ1n) is 9.41. The summed E-state index contributed by atoms with van der Waals surface area (Å²) in [6.45, 7) is 2.16. The summed E-state index contributed by atoms with van der Waals surface area (Å²) in [7, 11) is 0. The first-order chi connectivity index (χ1) is 13.2. The molecule has 1 heterocycles. The summed E-state index contributed by atoms with van der Waals surface area (Å²) >= 11 is 0. The van der Waals surface area contributed by atoms with Gasteiger partial charge in [0.1, 0.15) is 5.75 Å². The van der Waals surface area contributed by atoms with E-state index < -0.39 is 0 Å². The van der Waals surface area contributed by atoms with E-state index in [0.29, 0.717) is 11.9 Å². The van der Waals surface area contributed by atoms with Crippen LogP contribution in [-0.2, 0) is 0 Å². The van der Waals surface area contributed by atoms with Crippen LogP contribution in [0.3, 0.4) is 0 Å². The summed E-state index contributed by atoms with van der Waals surface area (Å²) in [5, 5.41) is 5.79. The molecule has 1 aliphatic carbocycles. The Labute approximate surface area is 158 Å². The van der Waals surface area contributed by atoms with Crippen molar-refractivity contribution in [1.29, 1.82) is 0 Å². The molecule has 0 aromatic heterocycles. The summed E-state index contributed by atoms with van der Waals surface area (Å²) in [6.07, 6.45) is 5.06. The highest BCUT2D eigenvalue weighted by molar-refractivity contribution is 5.89. The number of ether oxygens (including phenoxy) is 3. The number of hydrogen-bond acceptors (Lipinski definition) is 4. The Bertz CT molecular complexity index is 800. The van der Waals surface area contributed by atoms with E-state index in [1.54, 1.807) is 0 Å². The lowest BCUT2D eigenvalue weighted by Crippen LogP contribution is -2.31. The van der Waals surface area contributed by atoms with E-state index in [2.05, 4.69) is 10.6 Å². The quantitative estimate of drug-likeness (QED) is 0.808. The van der Waals surface area contributed by atoms with Gasteiger partial charge in [-0.2, -0.15) is 0 Å². The first kappa shape index (κ1) is 17.5. The van der Waals surface area contributed by atoms with E-state index >= 15 is 0 Å². The van der Waals surface area contributed by atoms with Gasteiger partial charge in [0.15, 0.2) is 11.5 Å². The summed E-state index contributed by atoms with van der Waals surface area (Å²) < 4.78 is 16.6. The highest BCUT2D eigenvalue weighted by Gasteiger charge is 2.18. The molecular formula is C21H24N2O4. The molecule has 4 rings (SSSR count). The fourth-order valence-corrected chi connectivity index (χ4v) is 3.45. The standard InChI is InChI=1S/C21H24N2O4/c1-14(15-6-11-19-20(12-15)26-13-25-19)22-21(24)23-16-7-9-18(10-8-16)27-17-4-2-3-5-17/h6-12,14,17H,2-5,13H2,1H3,(H2,22,23,24). The van der Waals surface area contributed by atoms with Crippen LogP contribution in [0.2, 0.25) is 0 Å². The number of urea groups is 1. The molecule has 1 saturated carbocycles. The molecule has 1 aliphatic heterocycles. The molecule has 142 valence electrons. The first-order valence-corrected chi connectivity index (χ1v) is 9.41. The van der Waals surface area contributed by atoms with Crippen LogP contribution in [0.1, 0.15) is 44.2 Å². The van der Waals surface area contributed by atoms with E-state index in [9.17, 15) is 4.79 Å². The normalized spacial score (nSPS) is 16.8. The number of amides is 2. The van der Waals surface area contributed by atoms with Gasteiger partial charge in [-0.15, -0.1) is 0 Å². The van der Waals surface area contributed by atoms with Crippen molar-refractivity contribution in [3.05, 3.63) is 48.0 Å². The van der Waals surface area contributed by atoms with Gasteiger partial charge in [0, 0.05) is 5.69 Å². The minimum atomic E-state index is -0.260. The fourth-order valence-electron chi connectivity index (χ4n) is 3.45. The van der Waals surface area contributed by atoms with Gasteiger partial charge in [0.05, 0.1) is 12.1 Å². The lowest BCUT2D eigenvalue weighted by molar-refractivity contribution is 0.174. The molecule has 0 bridgehead atoms. The molecule has 6 heteroatoms. The van der Waals surface area contributed by atoms with Gasteiger partial charge in [-0.1, -0.05) is 6.07 Å². The van der Waals surface area contributed by atoms with E-state index in [4.69, 9.17) is 14.2 Å². The number of nitrogens with one attached hydrogen (secondary N) is 2. The van der Waals surface area contributed by atoms with Crippen LogP contribution in [0.25, 0.3) is 0 Å². The highest BCUT2D eigenvalue weighted by atomic mass is 16.7. The number of anilines is 1. The van der Waals surface area contributed by atoms with Crippen LogP contribution in [0.5, 0.6) is 17.2 Å². The average Bonchev–Trinajstić information content (AvgIpc) is 3.34. The van der Waals surface area contributed by atoms with Gasteiger partial charge in [0.25, 0.3) is 0 Å². The molecule has 1 atom stereocenters. The zero-order valence-corrected chi connectivity index (χ0v) is 15.4. The fraction of sp³-hybridized carbons (Fsp3) is 0.381. The van der Waals surface area contributed by atoms with E-state index in [1.807, 2.05) is 49.4 Å². The van der Waals surface area contributed by atoms with Crippen molar-refractivity contribution in [1.82, 2.24) is 5.32 Å². The Morgan fingerprint density at radius 2 is 1.81 bits per heavy atom. The van der Waals surface area contributed by atoms with Crippen molar-refractivity contribution in [2.45, 2.75) is 44.8 Å². The minimum Gasteiger partial charge on any atom is -0.490 e. The molecule has 2 aromatic rings. The second-order valence-electron chi connectivity index (χ2n) is 6.98. The topological polar surface area (TPSA) is 68.8 Å². The number of rotatable bonds is 5. The maximum Gasteiger partial charge on any atom is 0.319 e. The summed E-state index contributed by atoms with van der Waals surface area (Å²) in [5.41, 5.74) is 1.68. The van der Waals surface area contributed by atoms with Gasteiger partial charge in [-0.25, -0.2) is 4.79 Å². The molecule has 0 spiro atoms. The summed E-state index contributed by atoms with van der Waals surface area (Å²) in [5.74, 6) is 2.29. The zero-order chi connectivity index (χ0) is 18.6. The smallest absolute Gasteiger partial charge is 0.319 e. The Balaban J connectivity index is 1.30. The van der Waals surface area contributed by atoms with Crippen molar-refractivity contribution in [3.8, 4) is 17.2 Å². The van der Waals surface area contributed by atoms with Crippen LogP contribution in [-0.4, -0.2) is 18.9 Å². The maximum absolute atomic E-state index is 12.3. The van der Waals surface area contributed by atoms with E-state index in [1.165, 1.54) is 12.8 Å². The third-order valence-corrected chi connectivity index (χ3v) is 4.96. The molecule has 2 aliphatic rings. The predicted octanol–water partition coefficient (Wildman–Crippen LogP) is 4.62. The van der Waals surface area contributed by atoms with Gasteiger partial charge < -0.3 is 24.8 Å². The van der Waals surface area contributed by atoms with Crippen molar-refractivity contribution in [2.75, 3.05) is 12.1 Å².